The van der Waals surface area contributed by atoms with E-state index in [1.807, 2.05) is 13.0 Å². The third-order valence-electron chi connectivity index (χ3n) is 5.83. The molecule has 1 N–H and O–H groups in total. The molecule has 2 atom stereocenters. The van der Waals surface area contributed by atoms with Crippen LogP contribution in [-0.4, -0.2) is 15.5 Å². The van der Waals surface area contributed by atoms with E-state index in [0.29, 0.717) is 10.8 Å². The largest absolute Gasteiger partial charge is 0.364 e. The van der Waals surface area contributed by atoms with Crippen molar-refractivity contribution in [3.05, 3.63) is 16.5 Å². The van der Waals surface area contributed by atoms with Crippen molar-refractivity contribution in [2.24, 2.45) is 16.7 Å². The lowest BCUT2D eigenvalue weighted by molar-refractivity contribution is -0.0973. The van der Waals surface area contributed by atoms with Crippen LogP contribution in [0.15, 0.2) is 10.7 Å². The monoisotopic (exact) mass is 349 g/mol. The quantitative estimate of drug-likeness (QED) is 0.785. The van der Waals surface area contributed by atoms with E-state index in [1.54, 1.807) is 0 Å². The van der Waals surface area contributed by atoms with E-state index in [2.05, 4.69) is 45.1 Å². The Morgan fingerprint density at radius 3 is 2.33 bits per heavy atom. The maximum absolute atomic E-state index is 4.60. The van der Waals surface area contributed by atoms with E-state index in [0.717, 1.165) is 22.2 Å². The van der Waals surface area contributed by atoms with Gasteiger partial charge in [-0.25, -0.2) is 9.97 Å². The number of nitrogens with zero attached hydrogens (tertiary/aromatic N) is 2. The molecule has 0 spiro atoms. The fraction of sp³-hybridized carbons (Fsp3) is 0.765. The van der Waals surface area contributed by atoms with Crippen LogP contribution in [-0.2, 0) is 0 Å². The Hall–Kier alpha value is -0.640. The zero-order valence-corrected chi connectivity index (χ0v) is 14.8. The van der Waals surface area contributed by atoms with Gasteiger partial charge in [0.2, 0.25) is 0 Å². The van der Waals surface area contributed by atoms with Crippen LogP contribution in [0.5, 0.6) is 0 Å². The Bertz CT molecular complexity index is 561. The summed E-state index contributed by atoms with van der Waals surface area (Å²) in [4.78, 5) is 8.92. The summed E-state index contributed by atoms with van der Waals surface area (Å²) in [5.41, 5.74) is 1.31. The Labute approximate surface area is 135 Å². The molecule has 0 radical (unpaired) electrons. The summed E-state index contributed by atoms with van der Waals surface area (Å²) in [7, 11) is 0. The number of hydrogen-bond donors (Lipinski definition) is 1. The van der Waals surface area contributed by atoms with Gasteiger partial charge in [-0.15, -0.1) is 0 Å². The van der Waals surface area contributed by atoms with Crippen molar-refractivity contribution in [2.45, 2.75) is 64.8 Å². The van der Waals surface area contributed by atoms with E-state index < -0.39 is 0 Å². The second-order valence-corrected chi connectivity index (χ2v) is 9.47. The maximum Gasteiger partial charge on any atom is 0.131 e. The highest BCUT2D eigenvalue weighted by Gasteiger charge is 2.60. The van der Waals surface area contributed by atoms with Crippen molar-refractivity contribution in [3.63, 3.8) is 0 Å². The molecule has 4 aliphatic rings. The summed E-state index contributed by atoms with van der Waals surface area (Å²) in [5.74, 6) is 2.72. The van der Waals surface area contributed by atoms with Crippen molar-refractivity contribution < 1.29 is 0 Å². The fourth-order valence-corrected chi connectivity index (χ4v) is 6.93. The molecule has 0 aromatic carbocycles. The highest BCUT2D eigenvalue weighted by atomic mass is 79.9. The fourth-order valence-electron chi connectivity index (χ4n) is 6.45. The second-order valence-electron chi connectivity index (χ2n) is 8.66. The Balaban J connectivity index is 1.68. The summed E-state index contributed by atoms with van der Waals surface area (Å²) in [6.45, 7) is 6.97. The molecule has 114 valence electrons. The van der Waals surface area contributed by atoms with E-state index in [-0.39, 0.29) is 5.54 Å². The van der Waals surface area contributed by atoms with Crippen molar-refractivity contribution >= 4 is 21.7 Å². The van der Waals surface area contributed by atoms with Crippen molar-refractivity contribution in [3.8, 4) is 0 Å². The molecule has 1 aromatic heterocycles. The molecule has 2 unspecified atom stereocenters. The van der Waals surface area contributed by atoms with E-state index in [9.17, 15) is 0 Å². The minimum atomic E-state index is 0.253. The number of halogens is 1. The normalized spacial score (nSPS) is 44.1. The molecule has 3 nitrogen and oxygen atoms in total. The van der Waals surface area contributed by atoms with E-state index in [1.165, 1.54) is 38.5 Å². The highest BCUT2D eigenvalue weighted by molar-refractivity contribution is 9.10. The van der Waals surface area contributed by atoms with Gasteiger partial charge in [-0.2, -0.15) is 0 Å². The van der Waals surface area contributed by atoms with E-state index in [4.69, 9.17) is 0 Å². The zero-order valence-electron chi connectivity index (χ0n) is 13.2. The Morgan fingerprint density at radius 1 is 1.10 bits per heavy atom. The number of rotatable bonds is 2. The molecule has 4 aliphatic carbocycles. The van der Waals surface area contributed by atoms with Crippen LogP contribution in [0.25, 0.3) is 0 Å². The predicted molar refractivity (Wildman–Crippen MR) is 88.2 cm³/mol. The SMILES string of the molecule is Cc1nc(Br)cc(NC23CC4CC(C)(CC(C)(C4)C2)C3)n1. The van der Waals surface area contributed by atoms with Crippen LogP contribution in [0.1, 0.15) is 58.2 Å². The van der Waals surface area contributed by atoms with Gasteiger partial charge < -0.3 is 5.32 Å². The van der Waals surface area contributed by atoms with Gasteiger partial charge in [0.1, 0.15) is 16.2 Å². The highest BCUT2D eigenvalue weighted by Crippen LogP contribution is 2.66. The van der Waals surface area contributed by atoms with Crippen LogP contribution in [0, 0.1) is 23.7 Å². The third-order valence-corrected chi connectivity index (χ3v) is 6.23. The molecule has 0 saturated heterocycles. The van der Waals surface area contributed by atoms with Crippen LogP contribution >= 0.6 is 15.9 Å². The first kappa shape index (κ1) is 14.0. The standard InChI is InChI=1S/C17H24BrN3/c1-11-19-13(18)4-14(20-11)21-17-7-12-5-15(2,9-17)8-16(3,6-12)10-17/h4,12H,5-10H2,1-3H3,(H,19,20,21). The first-order chi connectivity index (χ1) is 9.77. The smallest absolute Gasteiger partial charge is 0.131 e. The van der Waals surface area contributed by atoms with Crippen molar-refractivity contribution in [2.75, 3.05) is 5.32 Å². The summed E-state index contributed by atoms with van der Waals surface area (Å²) in [5, 5.41) is 3.84. The molecule has 1 heterocycles. The number of hydrogen-bond acceptors (Lipinski definition) is 3. The van der Waals surface area contributed by atoms with Gasteiger partial charge in [0.15, 0.2) is 0 Å². The summed E-state index contributed by atoms with van der Waals surface area (Å²) < 4.78 is 0.875. The molecule has 0 aliphatic heterocycles. The molecule has 21 heavy (non-hydrogen) atoms. The zero-order chi connectivity index (χ0) is 14.9. The van der Waals surface area contributed by atoms with Gasteiger partial charge >= 0.3 is 0 Å². The minimum Gasteiger partial charge on any atom is -0.364 e. The average molecular weight is 350 g/mol. The third kappa shape index (κ3) is 2.39. The van der Waals surface area contributed by atoms with Gasteiger partial charge in [0.25, 0.3) is 0 Å². The molecular weight excluding hydrogens is 326 g/mol. The topological polar surface area (TPSA) is 37.8 Å². The number of nitrogens with one attached hydrogen (secondary N) is 1. The lowest BCUT2D eigenvalue weighted by atomic mass is 9.43. The van der Waals surface area contributed by atoms with Gasteiger partial charge in [-0.05, 0) is 78.1 Å². The second kappa shape index (κ2) is 4.21. The number of anilines is 1. The summed E-state index contributed by atoms with van der Waals surface area (Å²) >= 11 is 3.49. The van der Waals surface area contributed by atoms with Gasteiger partial charge in [-0.3, -0.25) is 0 Å². The number of aromatic nitrogens is 2. The molecule has 5 rings (SSSR count). The first-order valence-corrected chi connectivity index (χ1v) is 8.86. The van der Waals surface area contributed by atoms with Gasteiger partial charge in [-0.1, -0.05) is 13.8 Å². The van der Waals surface area contributed by atoms with Gasteiger partial charge in [0.05, 0.1) is 0 Å². The van der Waals surface area contributed by atoms with E-state index >= 15 is 0 Å². The van der Waals surface area contributed by atoms with Crippen LogP contribution in [0.3, 0.4) is 0 Å². The molecule has 4 heteroatoms. The number of aryl methyl sites for hydroxylation is 1. The molecular formula is C17H24BrN3. The minimum absolute atomic E-state index is 0.253. The Kier molecular flexibility index (Phi) is 2.81. The average Bonchev–Trinajstić information content (AvgIpc) is 2.19. The van der Waals surface area contributed by atoms with Crippen molar-refractivity contribution in [1.29, 1.82) is 0 Å². The van der Waals surface area contributed by atoms with Crippen LogP contribution < -0.4 is 5.32 Å². The maximum atomic E-state index is 4.60. The summed E-state index contributed by atoms with van der Waals surface area (Å²) in [6.07, 6.45) is 8.18. The van der Waals surface area contributed by atoms with Crippen LogP contribution in [0.2, 0.25) is 0 Å². The lowest BCUT2D eigenvalue weighted by Gasteiger charge is -2.65. The van der Waals surface area contributed by atoms with Crippen LogP contribution in [0.4, 0.5) is 5.82 Å². The predicted octanol–water partition coefficient (Wildman–Crippen LogP) is 4.71. The van der Waals surface area contributed by atoms with Crippen molar-refractivity contribution in [1.82, 2.24) is 9.97 Å². The molecule has 0 amide bonds. The summed E-state index contributed by atoms with van der Waals surface area (Å²) in [6, 6.07) is 2.02. The Morgan fingerprint density at radius 2 is 1.76 bits per heavy atom. The first-order valence-electron chi connectivity index (χ1n) is 8.07. The molecule has 1 aromatic rings. The molecule has 4 fully saturated rings. The molecule has 4 bridgehead atoms. The van der Waals surface area contributed by atoms with Gasteiger partial charge in [0, 0.05) is 11.6 Å². The molecule has 4 saturated carbocycles. The lowest BCUT2D eigenvalue weighted by Crippen LogP contribution is -2.61.